The molecule has 3 rings (SSSR count). The number of halogens is 4. The van der Waals surface area contributed by atoms with Crippen LogP contribution < -0.4 is 4.72 Å². The van der Waals surface area contributed by atoms with Gasteiger partial charge in [0.15, 0.2) is 22.3 Å². The average Bonchev–Trinajstić information content (AvgIpc) is 2.53. The molecule has 2 aromatic carbocycles. The maximum Gasteiger partial charge on any atom is 0.247 e. The minimum absolute atomic E-state index is 0.178. The zero-order valence-corrected chi connectivity index (χ0v) is 14.0. The summed E-state index contributed by atoms with van der Waals surface area (Å²) in [5.41, 5.74) is 0.349. The summed E-state index contributed by atoms with van der Waals surface area (Å²) >= 11 is 1.21. The van der Waals surface area contributed by atoms with Gasteiger partial charge in [0.25, 0.3) is 0 Å². The predicted octanol–water partition coefficient (Wildman–Crippen LogP) is 3.46. The minimum atomic E-state index is -4.73. The van der Waals surface area contributed by atoms with E-state index in [9.17, 15) is 31.1 Å². The van der Waals surface area contributed by atoms with Crippen LogP contribution in [0.1, 0.15) is 18.0 Å². The average molecular weight is 393 g/mol. The van der Waals surface area contributed by atoms with E-state index < -0.39 is 50.0 Å². The fraction of sp³-hybridized carbons (Fsp3) is 0.200. The Bertz CT molecular complexity index is 950. The fourth-order valence-corrected chi connectivity index (χ4v) is 5.11. The summed E-state index contributed by atoms with van der Waals surface area (Å²) in [4.78, 5) is -1.13. The first kappa shape index (κ1) is 18.0. The van der Waals surface area contributed by atoms with Crippen molar-refractivity contribution in [1.29, 1.82) is 0 Å². The number of hydrogen-bond acceptors (Lipinski definition) is 4. The summed E-state index contributed by atoms with van der Waals surface area (Å²) in [6, 6.07) is 3.42. The van der Waals surface area contributed by atoms with E-state index in [0.29, 0.717) is 11.3 Å². The van der Waals surface area contributed by atoms with Gasteiger partial charge < -0.3 is 5.11 Å². The first-order chi connectivity index (χ1) is 11.7. The van der Waals surface area contributed by atoms with Crippen LogP contribution in [0.4, 0.5) is 17.6 Å². The van der Waals surface area contributed by atoms with Crippen LogP contribution >= 0.6 is 11.8 Å². The number of thioether (sulfide) groups is 1. The minimum Gasteiger partial charge on any atom is -0.506 e. The van der Waals surface area contributed by atoms with Crippen molar-refractivity contribution in [3.8, 4) is 5.75 Å². The Balaban J connectivity index is 2.03. The second-order valence-electron chi connectivity index (χ2n) is 5.30. The van der Waals surface area contributed by atoms with Gasteiger partial charge in [-0.05, 0) is 23.8 Å². The van der Waals surface area contributed by atoms with E-state index in [4.69, 9.17) is 0 Å². The highest BCUT2D eigenvalue weighted by Crippen LogP contribution is 2.39. The fourth-order valence-electron chi connectivity index (χ4n) is 2.58. The van der Waals surface area contributed by atoms with Gasteiger partial charge in [0.1, 0.15) is 11.6 Å². The summed E-state index contributed by atoms with van der Waals surface area (Å²) in [6.45, 7) is 0. The number of hydrogen-bond donors (Lipinski definition) is 2. The maximum absolute atomic E-state index is 13.9. The maximum atomic E-state index is 13.9. The normalized spacial score (nSPS) is 17.4. The Morgan fingerprint density at radius 1 is 1.12 bits per heavy atom. The van der Waals surface area contributed by atoms with E-state index in [1.54, 1.807) is 0 Å². The molecule has 0 aromatic heterocycles. The van der Waals surface area contributed by atoms with E-state index >= 15 is 0 Å². The summed E-state index contributed by atoms with van der Waals surface area (Å²) in [6.07, 6.45) is 0.270. The van der Waals surface area contributed by atoms with E-state index in [-0.39, 0.29) is 17.4 Å². The number of phenols is 1. The third-order valence-electron chi connectivity index (χ3n) is 3.69. The number of nitrogens with one attached hydrogen (secondary N) is 1. The van der Waals surface area contributed by atoms with Gasteiger partial charge in [-0.25, -0.2) is 30.7 Å². The quantitative estimate of drug-likeness (QED) is 0.619. The Hall–Kier alpha value is -1.78. The van der Waals surface area contributed by atoms with Crippen LogP contribution in [0.25, 0.3) is 0 Å². The van der Waals surface area contributed by atoms with E-state index in [0.717, 1.165) is 0 Å². The second-order valence-corrected chi connectivity index (χ2v) is 8.06. The summed E-state index contributed by atoms with van der Waals surface area (Å²) in [5.74, 6) is -7.12. The lowest BCUT2D eigenvalue weighted by Gasteiger charge is -2.26. The van der Waals surface area contributed by atoms with Gasteiger partial charge in [-0.1, -0.05) is 12.1 Å². The molecule has 1 aliphatic heterocycles. The van der Waals surface area contributed by atoms with Gasteiger partial charge in [0.05, 0.1) is 0 Å². The number of benzene rings is 2. The van der Waals surface area contributed by atoms with Crippen LogP contribution in [-0.4, -0.2) is 19.3 Å². The molecular weight excluding hydrogens is 382 g/mol. The molecular formula is C15H11F4NO3S2. The molecule has 4 nitrogen and oxygen atoms in total. The number of rotatable bonds is 3. The molecule has 2 N–H and O–H groups in total. The van der Waals surface area contributed by atoms with Gasteiger partial charge in [0, 0.05) is 17.0 Å². The Labute approximate surface area is 144 Å². The zero-order chi connectivity index (χ0) is 18.4. The first-order valence-corrected chi connectivity index (χ1v) is 9.49. The highest BCUT2D eigenvalue weighted by atomic mass is 32.2. The summed E-state index contributed by atoms with van der Waals surface area (Å²) in [7, 11) is -4.73. The zero-order valence-electron chi connectivity index (χ0n) is 12.4. The van der Waals surface area contributed by atoms with Crippen molar-refractivity contribution in [3.05, 3.63) is 53.1 Å². The Morgan fingerprint density at radius 3 is 2.56 bits per heavy atom. The number of phenolic OH excluding ortho intramolecular Hbond substituents is 1. The van der Waals surface area contributed by atoms with Gasteiger partial charge in [-0.2, -0.15) is 0 Å². The standard InChI is InChI=1S/C15H11F4NO3S2/c16-8-3-1-2-7-10(4-5-24-14(7)8)20-25(22,23)15-11(21)6-9(17)12(18)13(15)19/h1-3,6,10,20-21H,4-5H2. The molecule has 0 aliphatic carbocycles. The first-order valence-electron chi connectivity index (χ1n) is 7.02. The summed E-state index contributed by atoms with van der Waals surface area (Å²) < 4.78 is 81.1. The van der Waals surface area contributed by atoms with Crippen molar-refractivity contribution in [1.82, 2.24) is 4.72 Å². The molecule has 0 spiro atoms. The molecule has 0 bridgehead atoms. The molecule has 0 radical (unpaired) electrons. The van der Waals surface area contributed by atoms with Crippen molar-refractivity contribution in [2.24, 2.45) is 0 Å². The molecule has 134 valence electrons. The number of sulfonamides is 1. The largest absolute Gasteiger partial charge is 0.506 e. The second kappa shape index (κ2) is 6.50. The molecule has 25 heavy (non-hydrogen) atoms. The number of fused-ring (bicyclic) bond motifs is 1. The lowest BCUT2D eigenvalue weighted by Crippen LogP contribution is -2.31. The van der Waals surface area contributed by atoms with Crippen LogP contribution in [0, 0.1) is 23.3 Å². The molecule has 0 amide bonds. The predicted molar refractivity (Wildman–Crippen MR) is 82.8 cm³/mol. The third-order valence-corrected chi connectivity index (χ3v) is 6.37. The van der Waals surface area contributed by atoms with E-state index in [1.165, 1.54) is 30.0 Å². The van der Waals surface area contributed by atoms with Crippen molar-refractivity contribution in [2.45, 2.75) is 22.3 Å². The molecule has 0 fully saturated rings. The van der Waals surface area contributed by atoms with Crippen LogP contribution in [0.2, 0.25) is 0 Å². The third kappa shape index (κ3) is 3.21. The number of aromatic hydroxyl groups is 1. The Kier molecular flexibility index (Phi) is 4.69. The van der Waals surface area contributed by atoms with Crippen molar-refractivity contribution in [2.75, 3.05) is 5.75 Å². The van der Waals surface area contributed by atoms with Crippen molar-refractivity contribution in [3.63, 3.8) is 0 Å². The molecule has 1 unspecified atom stereocenters. The van der Waals surface area contributed by atoms with Gasteiger partial charge in [-0.15, -0.1) is 11.8 Å². The lowest BCUT2D eigenvalue weighted by atomic mass is 10.0. The molecule has 1 atom stereocenters. The molecule has 1 aliphatic rings. The molecule has 2 aromatic rings. The van der Waals surface area contributed by atoms with Gasteiger partial charge in [0.2, 0.25) is 10.0 Å². The smallest absolute Gasteiger partial charge is 0.247 e. The van der Waals surface area contributed by atoms with Gasteiger partial charge in [-0.3, -0.25) is 0 Å². The van der Waals surface area contributed by atoms with Crippen molar-refractivity contribution < 1.29 is 31.1 Å². The highest BCUT2D eigenvalue weighted by molar-refractivity contribution is 7.99. The van der Waals surface area contributed by atoms with Crippen LogP contribution in [0.3, 0.4) is 0 Å². The van der Waals surface area contributed by atoms with Crippen LogP contribution in [-0.2, 0) is 10.0 Å². The van der Waals surface area contributed by atoms with Crippen LogP contribution in [0.5, 0.6) is 5.75 Å². The Morgan fingerprint density at radius 2 is 1.84 bits per heavy atom. The van der Waals surface area contributed by atoms with E-state index in [2.05, 4.69) is 4.72 Å². The van der Waals surface area contributed by atoms with Crippen molar-refractivity contribution >= 4 is 21.8 Å². The molecule has 10 heteroatoms. The molecule has 1 heterocycles. The summed E-state index contributed by atoms with van der Waals surface area (Å²) in [5, 5.41) is 9.57. The lowest BCUT2D eigenvalue weighted by molar-refractivity contribution is 0.393. The molecule has 0 saturated heterocycles. The topological polar surface area (TPSA) is 66.4 Å². The van der Waals surface area contributed by atoms with E-state index in [1.807, 2.05) is 0 Å². The highest BCUT2D eigenvalue weighted by Gasteiger charge is 2.33. The van der Waals surface area contributed by atoms with Crippen LogP contribution in [0.15, 0.2) is 34.1 Å². The SMILES string of the molecule is O=S(=O)(NC1CCSc2c(F)cccc21)c1c(O)cc(F)c(F)c1F. The van der Waals surface area contributed by atoms with Gasteiger partial charge >= 0.3 is 0 Å². The monoisotopic (exact) mass is 393 g/mol. The molecule has 0 saturated carbocycles.